The van der Waals surface area contributed by atoms with Crippen molar-refractivity contribution in [2.24, 2.45) is 5.73 Å². The fourth-order valence-electron chi connectivity index (χ4n) is 6.01. The Balaban J connectivity index is 4.33. The molecule has 0 fully saturated rings. The van der Waals surface area contributed by atoms with Crippen LogP contribution in [0.5, 0.6) is 0 Å². The van der Waals surface area contributed by atoms with Crippen molar-refractivity contribution >= 4 is 17.8 Å². The first-order chi connectivity index (χ1) is 22.9. The van der Waals surface area contributed by atoms with Crippen LogP contribution in [0, 0.1) is 0 Å². The van der Waals surface area contributed by atoms with Gasteiger partial charge in [-0.2, -0.15) is 0 Å². The molecular formula is C40H76N2O5. The van der Waals surface area contributed by atoms with Crippen molar-refractivity contribution in [1.82, 2.24) is 5.32 Å². The summed E-state index contributed by atoms with van der Waals surface area (Å²) in [5, 5.41) is 11.9. The van der Waals surface area contributed by atoms with Crippen molar-refractivity contribution in [2.75, 3.05) is 6.54 Å². The van der Waals surface area contributed by atoms with Gasteiger partial charge in [0.1, 0.15) is 12.1 Å². The van der Waals surface area contributed by atoms with E-state index in [9.17, 15) is 19.5 Å². The molecule has 276 valence electrons. The highest BCUT2D eigenvalue weighted by atomic mass is 16.5. The second-order valence-electron chi connectivity index (χ2n) is 13.7. The van der Waals surface area contributed by atoms with Gasteiger partial charge in [-0.1, -0.05) is 148 Å². The number of nitrogens with two attached hydrogens (primary N) is 1. The molecule has 0 aromatic heterocycles. The number of amides is 1. The molecule has 2 atom stereocenters. The number of rotatable bonds is 36. The molecule has 0 rings (SSSR count). The van der Waals surface area contributed by atoms with Crippen LogP contribution in [0.1, 0.15) is 206 Å². The zero-order valence-corrected chi connectivity index (χ0v) is 30.9. The highest BCUT2D eigenvalue weighted by molar-refractivity contribution is 5.83. The number of carbonyl (C=O) groups is 3. The van der Waals surface area contributed by atoms with Gasteiger partial charge in [-0.15, -0.1) is 0 Å². The van der Waals surface area contributed by atoms with Crippen molar-refractivity contribution in [1.29, 1.82) is 0 Å². The Morgan fingerprint density at radius 2 is 1.09 bits per heavy atom. The van der Waals surface area contributed by atoms with Gasteiger partial charge in [-0.25, -0.2) is 4.79 Å². The Morgan fingerprint density at radius 1 is 0.617 bits per heavy atom. The number of hydrogen-bond acceptors (Lipinski definition) is 5. The number of nitrogens with one attached hydrogen (secondary N) is 1. The van der Waals surface area contributed by atoms with E-state index in [1.54, 1.807) is 0 Å². The maximum Gasteiger partial charge on any atom is 0.326 e. The van der Waals surface area contributed by atoms with Gasteiger partial charge >= 0.3 is 11.9 Å². The van der Waals surface area contributed by atoms with Crippen LogP contribution < -0.4 is 11.1 Å². The number of unbranched alkanes of at least 4 members (excludes halogenated alkanes) is 22. The number of carbonyl (C=O) groups excluding carboxylic acids is 2. The summed E-state index contributed by atoms with van der Waals surface area (Å²) in [5.74, 6) is -1.32. The Morgan fingerprint density at radius 3 is 1.60 bits per heavy atom. The summed E-state index contributed by atoms with van der Waals surface area (Å²) in [6.45, 7) is 4.92. The summed E-state index contributed by atoms with van der Waals surface area (Å²) < 4.78 is 5.92. The quantitative estimate of drug-likeness (QED) is 0.0348. The zero-order valence-electron chi connectivity index (χ0n) is 30.9. The van der Waals surface area contributed by atoms with E-state index in [-0.39, 0.29) is 18.0 Å². The van der Waals surface area contributed by atoms with E-state index >= 15 is 0 Å². The van der Waals surface area contributed by atoms with Gasteiger partial charge in [-0.05, 0) is 64.0 Å². The van der Waals surface area contributed by atoms with Crippen molar-refractivity contribution in [3.05, 3.63) is 12.2 Å². The van der Waals surface area contributed by atoms with E-state index < -0.39 is 12.0 Å². The fraction of sp³-hybridized carbons (Fsp3) is 0.875. The molecule has 0 bridgehead atoms. The molecule has 7 heteroatoms. The van der Waals surface area contributed by atoms with E-state index in [1.807, 2.05) is 0 Å². The van der Waals surface area contributed by atoms with E-state index in [0.717, 1.165) is 44.9 Å². The van der Waals surface area contributed by atoms with Gasteiger partial charge in [0.25, 0.3) is 0 Å². The highest BCUT2D eigenvalue weighted by Crippen LogP contribution is 2.16. The molecule has 0 saturated carbocycles. The van der Waals surface area contributed by atoms with Gasteiger partial charge in [0.15, 0.2) is 0 Å². The summed E-state index contributed by atoms with van der Waals surface area (Å²) in [4.78, 5) is 36.2. The molecule has 0 radical (unpaired) electrons. The topological polar surface area (TPSA) is 119 Å². The highest BCUT2D eigenvalue weighted by Gasteiger charge is 2.19. The van der Waals surface area contributed by atoms with Gasteiger partial charge < -0.3 is 20.9 Å². The molecular weight excluding hydrogens is 588 g/mol. The molecule has 0 aromatic carbocycles. The fourth-order valence-corrected chi connectivity index (χ4v) is 6.01. The minimum atomic E-state index is -1.01. The van der Waals surface area contributed by atoms with Gasteiger partial charge in [-0.3, -0.25) is 9.59 Å². The SMILES string of the molecule is CCCCCCCCC/C=C\C(CCCCCCC(=O)NC(CCCN)C(=O)O)OC(=O)CCCCCCCCCCCCCCC. The van der Waals surface area contributed by atoms with Crippen LogP contribution in [0.3, 0.4) is 0 Å². The molecule has 2 unspecified atom stereocenters. The van der Waals surface area contributed by atoms with E-state index in [2.05, 4.69) is 31.3 Å². The summed E-state index contributed by atoms with van der Waals surface area (Å²) >= 11 is 0. The molecule has 0 saturated heterocycles. The van der Waals surface area contributed by atoms with Crippen LogP contribution in [0.25, 0.3) is 0 Å². The Bertz CT molecular complexity index is 757. The minimum Gasteiger partial charge on any atom is -0.480 e. The Kier molecular flexibility index (Phi) is 34.0. The summed E-state index contributed by atoms with van der Waals surface area (Å²) in [6.07, 6.45) is 36.9. The van der Waals surface area contributed by atoms with Gasteiger partial charge in [0, 0.05) is 12.8 Å². The second-order valence-corrected chi connectivity index (χ2v) is 13.7. The molecule has 0 heterocycles. The molecule has 0 spiro atoms. The second kappa shape index (κ2) is 35.4. The van der Waals surface area contributed by atoms with Crippen molar-refractivity contribution in [3.63, 3.8) is 0 Å². The Labute approximate surface area is 290 Å². The first-order valence-electron chi connectivity index (χ1n) is 20.0. The van der Waals surface area contributed by atoms with Crippen LogP contribution in [0.2, 0.25) is 0 Å². The van der Waals surface area contributed by atoms with Crippen molar-refractivity contribution < 1.29 is 24.2 Å². The third-order valence-electron chi connectivity index (χ3n) is 9.07. The lowest BCUT2D eigenvalue weighted by Gasteiger charge is -2.15. The molecule has 4 N–H and O–H groups in total. The number of carboxylic acids is 1. The molecule has 0 aliphatic heterocycles. The standard InChI is InChI=1S/C40H76N2O5/c1-3-5-7-9-11-13-14-15-16-18-20-22-28-34-39(44)47-36(30-25-21-19-17-12-10-8-6-4-2)31-26-23-24-27-33-38(43)42-37(40(45)46)32-29-35-41/h25,30,36-37H,3-24,26-29,31-35,41H2,1-2H3,(H,42,43)(H,45,46)/b30-25-. The first kappa shape index (κ1) is 45.1. The predicted molar refractivity (Wildman–Crippen MR) is 197 cm³/mol. The summed E-state index contributed by atoms with van der Waals surface area (Å²) in [6, 6.07) is -0.867. The lowest BCUT2D eigenvalue weighted by atomic mass is 10.0. The van der Waals surface area contributed by atoms with Crippen molar-refractivity contribution in [3.8, 4) is 0 Å². The molecule has 7 nitrogen and oxygen atoms in total. The number of allylic oxidation sites excluding steroid dienone is 1. The van der Waals surface area contributed by atoms with Crippen LogP contribution in [0.4, 0.5) is 0 Å². The molecule has 0 aliphatic rings. The number of carboxylic acid groups (broad SMARTS) is 1. The monoisotopic (exact) mass is 665 g/mol. The zero-order chi connectivity index (χ0) is 34.6. The van der Waals surface area contributed by atoms with E-state index in [4.69, 9.17) is 10.5 Å². The first-order valence-corrected chi connectivity index (χ1v) is 20.0. The number of ether oxygens (including phenoxy) is 1. The van der Waals surface area contributed by atoms with E-state index in [0.29, 0.717) is 38.6 Å². The number of hydrogen-bond donors (Lipinski definition) is 3. The average Bonchev–Trinajstić information content (AvgIpc) is 3.05. The van der Waals surface area contributed by atoms with Crippen molar-refractivity contribution in [2.45, 2.75) is 219 Å². The summed E-state index contributed by atoms with van der Waals surface area (Å²) in [5.41, 5.74) is 5.47. The third kappa shape index (κ3) is 32.4. The van der Waals surface area contributed by atoms with Crippen LogP contribution in [0.15, 0.2) is 12.2 Å². The summed E-state index contributed by atoms with van der Waals surface area (Å²) in [7, 11) is 0. The Hall–Kier alpha value is -1.89. The average molecular weight is 665 g/mol. The normalized spacial score (nSPS) is 12.7. The number of esters is 1. The smallest absolute Gasteiger partial charge is 0.326 e. The maximum atomic E-state index is 12.7. The van der Waals surface area contributed by atoms with Gasteiger partial charge in [0.2, 0.25) is 5.91 Å². The lowest BCUT2D eigenvalue weighted by molar-refractivity contribution is -0.147. The van der Waals surface area contributed by atoms with Crippen LogP contribution in [-0.2, 0) is 19.1 Å². The van der Waals surface area contributed by atoms with Crippen LogP contribution in [-0.4, -0.2) is 41.6 Å². The van der Waals surface area contributed by atoms with E-state index in [1.165, 1.54) is 116 Å². The van der Waals surface area contributed by atoms with Crippen LogP contribution >= 0.6 is 0 Å². The molecule has 47 heavy (non-hydrogen) atoms. The third-order valence-corrected chi connectivity index (χ3v) is 9.07. The predicted octanol–water partition coefficient (Wildman–Crippen LogP) is 10.7. The number of aliphatic carboxylic acids is 1. The molecule has 0 aromatic rings. The van der Waals surface area contributed by atoms with Gasteiger partial charge in [0.05, 0.1) is 0 Å². The maximum absolute atomic E-state index is 12.7. The molecule has 0 aliphatic carbocycles. The minimum absolute atomic E-state index is 0.0852. The lowest BCUT2D eigenvalue weighted by Crippen LogP contribution is -2.40. The molecule has 1 amide bonds. The largest absolute Gasteiger partial charge is 0.480 e.